The number of benzene rings is 1. The second-order valence-electron chi connectivity index (χ2n) is 10.3. The van der Waals surface area contributed by atoms with E-state index in [4.69, 9.17) is 29.4 Å². The smallest absolute Gasteiger partial charge is 0.480 e. The normalized spacial score (nSPS) is 15.3. The third-order valence-corrected chi connectivity index (χ3v) is 5.86. The van der Waals surface area contributed by atoms with E-state index in [1.165, 1.54) is 18.2 Å². The molecule has 0 spiro atoms. The number of nitrogens with two attached hydrogens (primary N) is 1. The van der Waals surface area contributed by atoms with Crippen molar-refractivity contribution < 1.29 is 48.0 Å². The zero-order valence-corrected chi connectivity index (χ0v) is 23.4. The predicted molar refractivity (Wildman–Crippen MR) is 138 cm³/mol. The molecule has 3 N–H and O–H groups in total. The molecule has 0 aromatic heterocycles. The van der Waals surface area contributed by atoms with Gasteiger partial charge in [-0.1, -0.05) is 26.8 Å². The first-order valence-corrected chi connectivity index (χ1v) is 12.7. The van der Waals surface area contributed by atoms with Crippen LogP contribution in [0.3, 0.4) is 0 Å². The lowest BCUT2D eigenvalue weighted by Crippen LogP contribution is -2.41. The fourth-order valence-corrected chi connectivity index (χ4v) is 3.19. The molecule has 0 radical (unpaired) electrons. The van der Waals surface area contributed by atoms with E-state index in [2.05, 4.69) is 0 Å². The zero-order valence-electron chi connectivity index (χ0n) is 23.4. The number of hydrogen-bond acceptors (Lipinski definition) is 10. The average molecular weight is 540 g/mol. The molecule has 1 aromatic carbocycles. The van der Waals surface area contributed by atoms with Gasteiger partial charge in [0.25, 0.3) is 0 Å². The number of esters is 1. The van der Waals surface area contributed by atoms with Gasteiger partial charge >= 0.3 is 24.2 Å². The minimum Gasteiger partial charge on any atom is -0.480 e. The SMILES string of the molecule is CCC(C)OC(=O)Oc1ccc(C(C(C)COC(=O)C(C)(C)C)[C@H](N)C(=O)O)cc1OC(=O)OC(C)CC. The summed E-state index contributed by atoms with van der Waals surface area (Å²) >= 11 is 0. The van der Waals surface area contributed by atoms with Crippen molar-refractivity contribution in [2.24, 2.45) is 17.1 Å². The number of rotatable bonds is 12. The highest BCUT2D eigenvalue weighted by molar-refractivity contribution is 5.76. The molecule has 1 rings (SSSR count). The number of ether oxygens (including phenoxy) is 5. The molecule has 38 heavy (non-hydrogen) atoms. The van der Waals surface area contributed by atoms with Crippen LogP contribution in [0.4, 0.5) is 9.59 Å². The first-order chi connectivity index (χ1) is 17.6. The van der Waals surface area contributed by atoms with E-state index in [-0.39, 0.29) is 18.1 Å². The van der Waals surface area contributed by atoms with Gasteiger partial charge in [0.1, 0.15) is 18.2 Å². The highest BCUT2D eigenvalue weighted by Gasteiger charge is 2.34. The van der Waals surface area contributed by atoms with E-state index in [9.17, 15) is 24.3 Å². The number of carbonyl (C=O) groups is 4. The summed E-state index contributed by atoms with van der Waals surface area (Å²) in [5, 5.41) is 9.67. The maximum Gasteiger partial charge on any atom is 0.514 e. The lowest BCUT2D eigenvalue weighted by Gasteiger charge is -2.29. The summed E-state index contributed by atoms with van der Waals surface area (Å²) in [7, 11) is 0. The third-order valence-electron chi connectivity index (χ3n) is 5.86. The van der Waals surface area contributed by atoms with Crippen LogP contribution in [0.1, 0.15) is 79.7 Å². The van der Waals surface area contributed by atoms with Crippen molar-refractivity contribution in [1.29, 1.82) is 0 Å². The Bertz CT molecular complexity index is 971. The topological polar surface area (TPSA) is 161 Å². The number of aliphatic carboxylic acids is 1. The first-order valence-electron chi connectivity index (χ1n) is 12.7. The Balaban J connectivity index is 3.40. The van der Waals surface area contributed by atoms with E-state index in [1.54, 1.807) is 41.5 Å². The van der Waals surface area contributed by atoms with Crippen LogP contribution in [0.2, 0.25) is 0 Å². The van der Waals surface area contributed by atoms with Crippen molar-refractivity contribution in [3.05, 3.63) is 23.8 Å². The van der Waals surface area contributed by atoms with E-state index < -0.39 is 59.7 Å². The van der Waals surface area contributed by atoms with Gasteiger partial charge in [0.05, 0.1) is 12.0 Å². The van der Waals surface area contributed by atoms with Crippen molar-refractivity contribution >= 4 is 24.2 Å². The first kappa shape index (κ1) is 32.7. The highest BCUT2D eigenvalue weighted by Crippen LogP contribution is 2.36. The maximum absolute atomic E-state index is 12.4. The maximum atomic E-state index is 12.4. The molecule has 0 heterocycles. The Morgan fingerprint density at radius 3 is 1.84 bits per heavy atom. The second kappa shape index (κ2) is 14.6. The van der Waals surface area contributed by atoms with Crippen molar-refractivity contribution in [2.75, 3.05) is 6.61 Å². The lowest BCUT2D eigenvalue weighted by atomic mass is 9.82. The standard InChI is InChI=1S/C27H41NO10/c1-9-16(4)35-25(32)37-19-12-11-18(13-20(19)38-26(33)36-17(5)10-2)21(22(28)23(29)30)15(3)14-34-24(31)27(6,7)8/h11-13,15-17,21-22H,9-10,14,28H2,1-8H3,(H,29,30)/t15?,16?,17?,21?,22-/m0/s1. The number of carboxylic acids is 1. The van der Waals surface area contributed by atoms with Crippen molar-refractivity contribution in [3.8, 4) is 11.5 Å². The van der Waals surface area contributed by atoms with E-state index >= 15 is 0 Å². The van der Waals surface area contributed by atoms with Gasteiger partial charge in [0.2, 0.25) is 0 Å². The summed E-state index contributed by atoms with van der Waals surface area (Å²) in [4.78, 5) is 48.7. The molecule has 0 saturated carbocycles. The zero-order chi connectivity index (χ0) is 29.2. The molecule has 0 fully saturated rings. The van der Waals surface area contributed by atoms with Gasteiger partial charge < -0.3 is 34.5 Å². The van der Waals surface area contributed by atoms with Gasteiger partial charge in [-0.2, -0.15) is 0 Å². The van der Waals surface area contributed by atoms with E-state index in [0.717, 1.165) is 0 Å². The third kappa shape index (κ3) is 10.2. The molecule has 0 aliphatic heterocycles. The summed E-state index contributed by atoms with van der Waals surface area (Å²) in [6.45, 7) is 13.7. The van der Waals surface area contributed by atoms with E-state index in [1.807, 2.05) is 13.8 Å². The van der Waals surface area contributed by atoms with Crippen LogP contribution >= 0.6 is 0 Å². The summed E-state index contributed by atoms with van der Waals surface area (Å²) in [5.74, 6) is -3.48. The van der Waals surface area contributed by atoms with Crippen molar-refractivity contribution in [3.63, 3.8) is 0 Å². The molecule has 4 unspecified atom stereocenters. The summed E-state index contributed by atoms with van der Waals surface area (Å²) < 4.78 is 26.3. The van der Waals surface area contributed by atoms with Crippen LogP contribution in [-0.4, -0.2) is 54.2 Å². The molecule has 214 valence electrons. The quantitative estimate of drug-likeness (QED) is 0.208. The molecular formula is C27H41NO10. The average Bonchev–Trinajstić information content (AvgIpc) is 2.82. The van der Waals surface area contributed by atoms with Gasteiger partial charge in [0.15, 0.2) is 11.5 Å². The van der Waals surface area contributed by atoms with Gasteiger partial charge in [-0.3, -0.25) is 9.59 Å². The second-order valence-corrected chi connectivity index (χ2v) is 10.3. The van der Waals surface area contributed by atoms with Crippen LogP contribution in [-0.2, 0) is 23.8 Å². The molecule has 0 aliphatic carbocycles. The summed E-state index contributed by atoms with van der Waals surface area (Å²) in [6.07, 6.45) is -1.78. The van der Waals surface area contributed by atoms with Gasteiger partial charge in [0, 0.05) is 5.92 Å². The Kier molecular flexibility index (Phi) is 12.5. The Hall–Kier alpha value is -3.34. The van der Waals surface area contributed by atoms with Crippen LogP contribution < -0.4 is 15.2 Å². The molecule has 5 atom stereocenters. The minimum absolute atomic E-state index is 0.104. The molecule has 11 nitrogen and oxygen atoms in total. The number of carbonyl (C=O) groups excluding carboxylic acids is 3. The fourth-order valence-electron chi connectivity index (χ4n) is 3.19. The molecule has 0 saturated heterocycles. The van der Waals surface area contributed by atoms with Gasteiger partial charge in [-0.05, 0) is 71.1 Å². The molecule has 1 aromatic rings. The highest BCUT2D eigenvalue weighted by atomic mass is 16.7. The van der Waals surface area contributed by atoms with E-state index in [0.29, 0.717) is 18.4 Å². The number of hydrogen-bond donors (Lipinski definition) is 2. The van der Waals surface area contributed by atoms with Crippen LogP contribution in [0, 0.1) is 11.3 Å². The monoisotopic (exact) mass is 539 g/mol. The molecule has 0 aliphatic rings. The summed E-state index contributed by atoms with van der Waals surface area (Å²) in [5.41, 5.74) is 5.64. The predicted octanol–water partition coefficient (Wildman–Crippen LogP) is 5.04. The minimum atomic E-state index is -1.39. The Morgan fingerprint density at radius 1 is 0.895 bits per heavy atom. The lowest BCUT2D eigenvalue weighted by molar-refractivity contribution is -0.154. The molecular weight excluding hydrogens is 498 g/mol. The molecule has 0 bridgehead atoms. The Labute approximate surface area is 223 Å². The fraction of sp³-hybridized carbons (Fsp3) is 0.630. The Morgan fingerprint density at radius 2 is 1.39 bits per heavy atom. The van der Waals surface area contributed by atoms with Gasteiger partial charge in [-0.15, -0.1) is 0 Å². The van der Waals surface area contributed by atoms with Crippen LogP contribution in [0.5, 0.6) is 11.5 Å². The number of carboxylic acid groups (broad SMARTS) is 1. The van der Waals surface area contributed by atoms with Gasteiger partial charge in [-0.25, -0.2) is 9.59 Å². The molecule has 11 heteroatoms. The van der Waals surface area contributed by atoms with Crippen molar-refractivity contribution in [1.82, 2.24) is 0 Å². The molecule has 0 amide bonds. The summed E-state index contributed by atoms with van der Waals surface area (Å²) in [6, 6.07) is 2.79. The largest absolute Gasteiger partial charge is 0.514 e. The van der Waals surface area contributed by atoms with Crippen LogP contribution in [0.15, 0.2) is 18.2 Å². The van der Waals surface area contributed by atoms with Crippen LogP contribution in [0.25, 0.3) is 0 Å². The van der Waals surface area contributed by atoms with Crippen molar-refractivity contribution in [2.45, 2.75) is 92.4 Å².